The van der Waals surface area contributed by atoms with Crippen molar-refractivity contribution >= 4 is 27.7 Å². The van der Waals surface area contributed by atoms with Gasteiger partial charge in [-0.15, -0.1) is 0 Å². The predicted molar refractivity (Wildman–Crippen MR) is 96.7 cm³/mol. The van der Waals surface area contributed by atoms with Gasteiger partial charge in [0, 0.05) is 31.0 Å². The minimum atomic E-state index is -0.464. The first-order valence-corrected chi connectivity index (χ1v) is 8.42. The van der Waals surface area contributed by atoms with E-state index in [9.17, 15) is 9.59 Å². The number of methoxy groups -OCH3 is 1. The minimum Gasteiger partial charge on any atom is -0.385 e. The Bertz CT molecular complexity index is 944. The maximum absolute atomic E-state index is 12.7. The fourth-order valence-electron chi connectivity index (χ4n) is 3.21. The predicted octanol–water partition coefficient (Wildman–Crippen LogP) is 1.98. The van der Waals surface area contributed by atoms with E-state index in [2.05, 4.69) is 15.5 Å². The van der Waals surface area contributed by atoms with Gasteiger partial charge in [0.2, 0.25) is 5.91 Å². The highest BCUT2D eigenvalue weighted by Gasteiger charge is 2.24. The first-order valence-electron chi connectivity index (χ1n) is 8.42. The van der Waals surface area contributed by atoms with Crippen LogP contribution in [0.3, 0.4) is 0 Å². The third-order valence-electron chi connectivity index (χ3n) is 4.35. The number of amides is 1. The Morgan fingerprint density at radius 2 is 2.16 bits per heavy atom. The molecule has 3 aromatic rings. The molecule has 0 radical (unpaired) electrons. The Kier molecular flexibility index (Phi) is 5.14. The molecule has 0 aliphatic carbocycles. The zero-order valence-electron chi connectivity index (χ0n) is 14.4. The zero-order chi connectivity index (χ0) is 17.8. The van der Waals surface area contributed by atoms with Gasteiger partial charge in [-0.3, -0.25) is 9.59 Å². The number of aromatic amines is 1. The molecular formula is C18H22N4O3. The van der Waals surface area contributed by atoms with E-state index in [1.807, 2.05) is 35.8 Å². The van der Waals surface area contributed by atoms with Gasteiger partial charge in [0.25, 0.3) is 5.56 Å². The maximum atomic E-state index is 12.7. The average molecular weight is 342 g/mol. The summed E-state index contributed by atoms with van der Waals surface area (Å²) in [7, 11) is 1.63. The normalized spacial score (nSPS) is 12.6. The van der Waals surface area contributed by atoms with E-state index >= 15 is 0 Å². The summed E-state index contributed by atoms with van der Waals surface area (Å²) in [6.07, 6.45) is 2.96. The van der Waals surface area contributed by atoms with E-state index in [0.29, 0.717) is 25.1 Å². The monoisotopic (exact) mass is 342 g/mol. The van der Waals surface area contributed by atoms with Crippen LogP contribution in [0.25, 0.3) is 21.8 Å². The molecule has 0 saturated heterocycles. The van der Waals surface area contributed by atoms with Gasteiger partial charge in [-0.1, -0.05) is 25.1 Å². The highest BCUT2D eigenvalue weighted by atomic mass is 16.5. The molecule has 1 amide bonds. The average Bonchev–Trinajstić information content (AvgIpc) is 2.96. The fraction of sp³-hybridized carbons (Fsp3) is 0.389. The fourth-order valence-corrected chi connectivity index (χ4v) is 3.21. The summed E-state index contributed by atoms with van der Waals surface area (Å²) in [5, 5.41) is 11.0. The highest BCUT2D eigenvalue weighted by molar-refractivity contribution is 6.08. The third kappa shape index (κ3) is 3.15. The van der Waals surface area contributed by atoms with Gasteiger partial charge in [-0.2, -0.15) is 5.10 Å². The molecule has 1 atom stereocenters. The molecule has 7 nitrogen and oxygen atoms in total. The van der Waals surface area contributed by atoms with Crippen molar-refractivity contribution in [2.75, 3.05) is 20.3 Å². The minimum absolute atomic E-state index is 0.0996. The van der Waals surface area contributed by atoms with Crippen molar-refractivity contribution in [3.05, 3.63) is 40.8 Å². The Morgan fingerprint density at radius 1 is 1.36 bits per heavy atom. The number of hydrogen-bond donors (Lipinski definition) is 2. The second-order valence-corrected chi connectivity index (χ2v) is 5.91. The molecule has 2 heterocycles. The summed E-state index contributed by atoms with van der Waals surface area (Å²) >= 11 is 0. The SMILES string of the molecule is CCC(C(=O)NCCCOC)n1c2ccccc2c2cn[nH]c(=O)c21. The number of H-pyrrole nitrogens is 1. The molecule has 0 spiro atoms. The molecule has 25 heavy (non-hydrogen) atoms. The Balaban J connectivity index is 2.08. The van der Waals surface area contributed by atoms with Gasteiger partial charge in [0.15, 0.2) is 0 Å². The summed E-state index contributed by atoms with van der Waals surface area (Å²) < 4.78 is 6.84. The van der Waals surface area contributed by atoms with Crippen LogP contribution < -0.4 is 10.9 Å². The van der Waals surface area contributed by atoms with Crippen molar-refractivity contribution in [1.29, 1.82) is 0 Å². The van der Waals surface area contributed by atoms with Crippen LogP contribution in [0.5, 0.6) is 0 Å². The van der Waals surface area contributed by atoms with E-state index in [4.69, 9.17) is 4.74 Å². The lowest BCUT2D eigenvalue weighted by atomic mass is 10.2. The first-order chi connectivity index (χ1) is 12.2. The van der Waals surface area contributed by atoms with Gasteiger partial charge >= 0.3 is 0 Å². The van der Waals surface area contributed by atoms with Crippen LogP contribution in [-0.2, 0) is 9.53 Å². The number of para-hydroxylation sites is 1. The lowest BCUT2D eigenvalue weighted by molar-refractivity contribution is -0.124. The van der Waals surface area contributed by atoms with Crippen molar-refractivity contribution in [3.63, 3.8) is 0 Å². The number of aromatic nitrogens is 3. The smallest absolute Gasteiger partial charge is 0.288 e. The number of fused-ring (bicyclic) bond motifs is 3. The van der Waals surface area contributed by atoms with E-state index in [1.54, 1.807) is 13.3 Å². The van der Waals surface area contributed by atoms with Crippen molar-refractivity contribution < 1.29 is 9.53 Å². The largest absolute Gasteiger partial charge is 0.385 e. The van der Waals surface area contributed by atoms with Gasteiger partial charge in [0.1, 0.15) is 11.6 Å². The maximum Gasteiger partial charge on any atom is 0.288 e. The van der Waals surface area contributed by atoms with Crippen LogP contribution in [0.1, 0.15) is 25.8 Å². The van der Waals surface area contributed by atoms with Gasteiger partial charge in [-0.05, 0) is 18.9 Å². The number of rotatable bonds is 7. The molecule has 0 aliphatic heterocycles. The summed E-state index contributed by atoms with van der Waals surface area (Å²) in [6, 6.07) is 7.23. The molecule has 2 N–H and O–H groups in total. The van der Waals surface area contributed by atoms with Crippen molar-refractivity contribution in [3.8, 4) is 0 Å². The van der Waals surface area contributed by atoms with E-state index in [1.165, 1.54) is 0 Å². The lowest BCUT2D eigenvalue weighted by Crippen LogP contribution is -2.34. The van der Waals surface area contributed by atoms with Crippen LogP contribution in [0.15, 0.2) is 35.3 Å². The molecular weight excluding hydrogens is 320 g/mol. The molecule has 2 aromatic heterocycles. The number of nitrogens with zero attached hydrogens (tertiary/aromatic N) is 2. The van der Waals surface area contributed by atoms with Gasteiger partial charge < -0.3 is 14.6 Å². The Hall–Kier alpha value is -2.67. The van der Waals surface area contributed by atoms with Crippen LogP contribution in [0.2, 0.25) is 0 Å². The summed E-state index contributed by atoms with van der Waals surface area (Å²) in [5.41, 5.74) is 1.05. The van der Waals surface area contributed by atoms with Crippen LogP contribution >= 0.6 is 0 Å². The van der Waals surface area contributed by atoms with E-state index in [-0.39, 0.29) is 11.5 Å². The molecule has 1 unspecified atom stereocenters. The standard InChI is InChI=1S/C18H22N4O3/c1-3-14(17(23)19-9-6-10-25-2)22-15-8-5-4-7-12(15)13-11-20-21-18(24)16(13)22/h4-5,7-8,11,14H,3,6,9-10H2,1-2H3,(H,19,23)(H,21,24). The summed E-state index contributed by atoms with van der Waals surface area (Å²) in [6.45, 7) is 3.07. The molecule has 7 heteroatoms. The Morgan fingerprint density at radius 3 is 2.92 bits per heavy atom. The van der Waals surface area contributed by atoms with Crippen molar-refractivity contribution in [2.24, 2.45) is 0 Å². The molecule has 3 rings (SSSR count). The third-order valence-corrected chi connectivity index (χ3v) is 4.35. The number of carbonyl (C=O) groups is 1. The molecule has 0 bridgehead atoms. The second-order valence-electron chi connectivity index (χ2n) is 5.91. The quantitative estimate of drug-likeness (QED) is 0.643. The number of nitrogens with one attached hydrogen (secondary N) is 2. The van der Waals surface area contributed by atoms with Gasteiger partial charge in [0.05, 0.1) is 11.7 Å². The topological polar surface area (TPSA) is 89.0 Å². The molecule has 0 fully saturated rings. The molecule has 0 saturated carbocycles. The van der Waals surface area contributed by atoms with Crippen molar-refractivity contribution in [1.82, 2.24) is 20.1 Å². The van der Waals surface area contributed by atoms with Crippen LogP contribution in [0.4, 0.5) is 0 Å². The number of benzene rings is 1. The lowest BCUT2D eigenvalue weighted by Gasteiger charge is -2.19. The van der Waals surface area contributed by atoms with Gasteiger partial charge in [-0.25, -0.2) is 5.10 Å². The zero-order valence-corrected chi connectivity index (χ0v) is 14.4. The number of ether oxygens (including phenoxy) is 1. The Labute approximate surface area is 145 Å². The number of carbonyl (C=O) groups excluding carboxylic acids is 1. The molecule has 132 valence electrons. The summed E-state index contributed by atoms with van der Waals surface area (Å²) in [4.78, 5) is 25.2. The van der Waals surface area contributed by atoms with Crippen molar-refractivity contribution in [2.45, 2.75) is 25.8 Å². The van der Waals surface area contributed by atoms with E-state index in [0.717, 1.165) is 22.7 Å². The summed E-state index contributed by atoms with van der Waals surface area (Å²) in [5.74, 6) is -0.0996. The number of hydrogen-bond acceptors (Lipinski definition) is 4. The van der Waals surface area contributed by atoms with Crippen LogP contribution in [0, 0.1) is 0 Å². The highest BCUT2D eigenvalue weighted by Crippen LogP contribution is 2.30. The second kappa shape index (κ2) is 7.48. The molecule has 1 aromatic carbocycles. The first kappa shape index (κ1) is 17.2. The van der Waals surface area contributed by atoms with Crippen LogP contribution in [-0.4, -0.2) is 40.9 Å². The molecule has 0 aliphatic rings. The van der Waals surface area contributed by atoms with E-state index < -0.39 is 6.04 Å².